The van der Waals surface area contributed by atoms with E-state index in [-0.39, 0.29) is 35.2 Å². The van der Waals surface area contributed by atoms with Crippen molar-refractivity contribution in [2.75, 3.05) is 0 Å². The third-order valence-electron chi connectivity index (χ3n) is 9.13. The number of allylic oxidation sites excluding steroid dienone is 1. The summed E-state index contributed by atoms with van der Waals surface area (Å²) in [6, 6.07) is 0. The highest BCUT2D eigenvalue weighted by molar-refractivity contribution is 6.28. The van der Waals surface area contributed by atoms with E-state index in [4.69, 9.17) is 10.3 Å². The van der Waals surface area contributed by atoms with E-state index in [0.29, 0.717) is 18.3 Å². The Morgan fingerprint density at radius 3 is 2.83 bits per heavy atom. The Morgan fingerprint density at radius 1 is 1.31 bits per heavy atom. The van der Waals surface area contributed by atoms with Crippen LogP contribution in [0.2, 0.25) is 0 Å². The van der Waals surface area contributed by atoms with Crippen LogP contribution in [0.5, 0.6) is 0 Å². The first kappa shape index (κ1) is 20.5. The van der Waals surface area contributed by atoms with Crippen LogP contribution in [0, 0.1) is 34.5 Å². The molecule has 4 aliphatic rings. The number of rotatable bonds is 5. The standard InChI is InChI=1S/C23H32N2O4/c1-14(29-13-26)18-5-6-20-17-4-3-15-11-16(27)7-9-22(15,2)19(17)8-10-23(18,20)21(28)12-25-24/h3,12-14,16-20,27H,4-11H2,1-2H3/t14-,16+,17-,18-,19+,20+,22+,23+/m1/s1. The van der Waals surface area contributed by atoms with Gasteiger partial charge in [-0.3, -0.25) is 9.59 Å². The van der Waals surface area contributed by atoms with Gasteiger partial charge in [0.15, 0.2) is 0 Å². The summed E-state index contributed by atoms with van der Waals surface area (Å²) in [5.74, 6) is 0.947. The monoisotopic (exact) mass is 400 g/mol. The highest BCUT2D eigenvalue weighted by atomic mass is 16.5. The number of Topliss-reactive ketones (excluding diaryl/α,β-unsaturated/α-hetero) is 1. The molecule has 0 aromatic rings. The highest BCUT2D eigenvalue weighted by Crippen LogP contribution is 2.67. The van der Waals surface area contributed by atoms with E-state index in [2.05, 4.69) is 17.8 Å². The average Bonchev–Trinajstić information content (AvgIpc) is 3.10. The molecule has 3 fully saturated rings. The minimum Gasteiger partial charge on any atom is -0.465 e. The second-order valence-corrected chi connectivity index (χ2v) is 9.97. The van der Waals surface area contributed by atoms with Crippen molar-refractivity contribution in [2.24, 2.45) is 34.5 Å². The predicted octanol–water partition coefficient (Wildman–Crippen LogP) is 3.34. The van der Waals surface area contributed by atoms with Crippen molar-refractivity contribution in [1.82, 2.24) is 0 Å². The molecule has 0 aromatic heterocycles. The lowest BCUT2D eigenvalue weighted by atomic mass is 9.46. The number of nitrogens with zero attached hydrogens (tertiary/aromatic N) is 2. The second-order valence-electron chi connectivity index (χ2n) is 9.97. The molecule has 8 atom stereocenters. The van der Waals surface area contributed by atoms with E-state index in [9.17, 15) is 14.7 Å². The van der Waals surface area contributed by atoms with Gasteiger partial charge < -0.3 is 15.4 Å². The summed E-state index contributed by atoms with van der Waals surface area (Å²) in [5, 5.41) is 10.2. The van der Waals surface area contributed by atoms with Crippen molar-refractivity contribution in [3.63, 3.8) is 0 Å². The van der Waals surface area contributed by atoms with Gasteiger partial charge in [-0.25, -0.2) is 0 Å². The first-order valence-electron chi connectivity index (χ1n) is 11.1. The van der Waals surface area contributed by atoms with Crippen LogP contribution in [0.4, 0.5) is 0 Å². The Labute approximate surface area is 172 Å². The summed E-state index contributed by atoms with van der Waals surface area (Å²) in [6.07, 6.45) is 9.87. The summed E-state index contributed by atoms with van der Waals surface area (Å²) in [4.78, 5) is 27.4. The summed E-state index contributed by atoms with van der Waals surface area (Å²) in [6.45, 7) is 4.71. The van der Waals surface area contributed by atoms with Gasteiger partial charge in [-0.05, 0) is 81.5 Å². The third-order valence-corrected chi connectivity index (χ3v) is 9.13. The molecule has 0 heterocycles. The van der Waals surface area contributed by atoms with Gasteiger partial charge in [0.05, 0.1) is 6.10 Å². The Kier molecular flexibility index (Phi) is 5.28. The maximum absolute atomic E-state index is 13.3. The Balaban J connectivity index is 1.72. The zero-order valence-electron chi connectivity index (χ0n) is 17.4. The molecule has 0 amide bonds. The van der Waals surface area contributed by atoms with Crippen LogP contribution in [-0.4, -0.2) is 40.6 Å². The molecule has 4 rings (SSSR count). The molecule has 6 heteroatoms. The topological polar surface area (TPSA) is 100 Å². The fourth-order valence-electron chi connectivity index (χ4n) is 7.86. The van der Waals surface area contributed by atoms with Crippen LogP contribution in [-0.2, 0) is 14.3 Å². The SMILES string of the molecule is C[C@@H](OC=O)[C@H]1CC[C@H]2[C@@H]3CC=C4C[C@@H](O)CC[C@]4(C)[C@H]3CC[C@]12C(=O)C=[N+]=[N-]. The summed E-state index contributed by atoms with van der Waals surface area (Å²) in [5.41, 5.74) is 9.98. The van der Waals surface area contributed by atoms with Gasteiger partial charge in [-0.2, -0.15) is 4.79 Å². The van der Waals surface area contributed by atoms with Crippen molar-refractivity contribution >= 4 is 18.5 Å². The Bertz CT molecular complexity index is 773. The smallest absolute Gasteiger partial charge is 0.323 e. The van der Waals surface area contributed by atoms with Crippen molar-refractivity contribution in [3.05, 3.63) is 17.2 Å². The van der Waals surface area contributed by atoms with Gasteiger partial charge in [0.25, 0.3) is 6.47 Å². The molecule has 4 aliphatic carbocycles. The van der Waals surface area contributed by atoms with Crippen LogP contribution >= 0.6 is 0 Å². The molecule has 0 spiro atoms. The fourth-order valence-corrected chi connectivity index (χ4v) is 7.86. The number of aliphatic hydroxyl groups excluding tert-OH is 1. The van der Waals surface area contributed by atoms with Gasteiger partial charge in [0, 0.05) is 11.3 Å². The van der Waals surface area contributed by atoms with Gasteiger partial charge in [-0.1, -0.05) is 18.6 Å². The first-order valence-corrected chi connectivity index (χ1v) is 11.1. The average molecular weight is 401 g/mol. The van der Waals surface area contributed by atoms with Crippen LogP contribution in [0.3, 0.4) is 0 Å². The highest BCUT2D eigenvalue weighted by Gasteiger charge is 2.64. The molecule has 0 aromatic carbocycles. The van der Waals surface area contributed by atoms with Crippen molar-refractivity contribution < 1.29 is 24.2 Å². The van der Waals surface area contributed by atoms with Gasteiger partial charge in [-0.15, -0.1) is 0 Å². The molecule has 0 saturated heterocycles. The van der Waals surface area contributed by atoms with E-state index in [0.717, 1.165) is 57.6 Å². The molecule has 0 unspecified atom stereocenters. The normalized spacial score (nSPS) is 44.2. The lowest BCUT2D eigenvalue weighted by Gasteiger charge is -2.58. The first-order chi connectivity index (χ1) is 13.9. The van der Waals surface area contributed by atoms with Crippen LogP contribution < -0.4 is 0 Å². The van der Waals surface area contributed by atoms with Gasteiger partial charge in [0.2, 0.25) is 5.78 Å². The number of carbonyl (C=O) groups is 2. The lowest BCUT2D eigenvalue weighted by Crippen LogP contribution is -2.55. The lowest BCUT2D eigenvalue weighted by molar-refractivity contribution is -0.151. The second kappa shape index (κ2) is 7.48. The largest absolute Gasteiger partial charge is 0.465 e. The summed E-state index contributed by atoms with van der Waals surface area (Å²) < 4.78 is 5.30. The molecule has 0 bridgehead atoms. The molecule has 1 N–H and O–H groups in total. The molecular weight excluding hydrogens is 368 g/mol. The molecule has 6 nitrogen and oxygen atoms in total. The number of fused-ring (bicyclic) bond motifs is 5. The maximum Gasteiger partial charge on any atom is 0.323 e. The van der Waals surface area contributed by atoms with E-state index in [1.807, 2.05) is 6.92 Å². The molecule has 0 aliphatic heterocycles. The predicted molar refractivity (Wildman–Crippen MR) is 107 cm³/mol. The van der Waals surface area contributed by atoms with Crippen LogP contribution in [0.1, 0.15) is 65.2 Å². The Hall–Kier alpha value is -1.78. The van der Waals surface area contributed by atoms with Crippen LogP contribution in [0.25, 0.3) is 5.53 Å². The molecule has 0 radical (unpaired) electrons. The zero-order valence-corrected chi connectivity index (χ0v) is 17.4. The van der Waals surface area contributed by atoms with Crippen LogP contribution in [0.15, 0.2) is 11.6 Å². The van der Waals surface area contributed by atoms with Crippen molar-refractivity contribution in [3.8, 4) is 0 Å². The fraction of sp³-hybridized carbons (Fsp3) is 0.783. The van der Waals surface area contributed by atoms with Crippen molar-refractivity contribution in [1.29, 1.82) is 0 Å². The number of aliphatic hydroxyl groups is 1. The zero-order chi connectivity index (χ0) is 20.8. The van der Waals surface area contributed by atoms with Gasteiger partial charge in [0.1, 0.15) is 6.10 Å². The van der Waals surface area contributed by atoms with E-state index < -0.39 is 5.41 Å². The molecule has 29 heavy (non-hydrogen) atoms. The van der Waals surface area contributed by atoms with Gasteiger partial charge >= 0.3 is 6.21 Å². The van der Waals surface area contributed by atoms with E-state index in [1.54, 1.807) is 0 Å². The number of hydrogen-bond donors (Lipinski definition) is 1. The minimum absolute atomic E-state index is 0.0458. The molecular formula is C23H32N2O4. The third kappa shape index (κ3) is 2.95. The summed E-state index contributed by atoms with van der Waals surface area (Å²) in [7, 11) is 0. The number of carbonyl (C=O) groups excluding carboxylic acids is 2. The quantitative estimate of drug-likeness (QED) is 0.251. The minimum atomic E-state index is -0.619. The Morgan fingerprint density at radius 2 is 2.10 bits per heavy atom. The number of hydrogen-bond acceptors (Lipinski definition) is 4. The molecule has 158 valence electrons. The van der Waals surface area contributed by atoms with Crippen molar-refractivity contribution in [2.45, 2.75) is 77.4 Å². The number of ketones is 1. The molecule has 3 saturated carbocycles. The maximum atomic E-state index is 13.3. The number of ether oxygens (including phenoxy) is 1. The van der Waals surface area contributed by atoms with E-state index >= 15 is 0 Å². The summed E-state index contributed by atoms with van der Waals surface area (Å²) >= 11 is 0. The van der Waals surface area contributed by atoms with E-state index in [1.165, 1.54) is 5.57 Å².